The molecule has 0 saturated carbocycles. The van der Waals surface area contributed by atoms with Gasteiger partial charge in [0.05, 0.1) is 6.10 Å². The topological polar surface area (TPSA) is 101 Å². The van der Waals surface area contributed by atoms with Crippen LogP contribution in [0.1, 0.15) is 19.3 Å². The van der Waals surface area contributed by atoms with Crippen molar-refractivity contribution in [1.82, 2.24) is 20.5 Å². The molecule has 1 aliphatic heterocycles. The van der Waals surface area contributed by atoms with E-state index in [9.17, 15) is 4.79 Å². The minimum Gasteiger partial charge on any atom is -0.491 e. The molecule has 2 heterocycles. The first kappa shape index (κ1) is 18.5. The van der Waals surface area contributed by atoms with Gasteiger partial charge in [-0.25, -0.2) is 9.78 Å². The Morgan fingerprint density at radius 2 is 2.23 bits per heavy atom. The van der Waals surface area contributed by atoms with Crippen LogP contribution >= 0.6 is 11.8 Å². The highest BCUT2D eigenvalue weighted by molar-refractivity contribution is 7.99. The van der Waals surface area contributed by atoms with E-state index in [-0.39, 0.29) is 12.1 Å². The summed E-state index contributed by atoms with van der Waals surface area (Å²) >= 11 is 1.50. The van der Waals surface area contributed by atoms with Crippen LogP contribution in [0, 0.1) is 0 Å². The van der Waals surface area contributed by atoms with Gasteiger partial charge in [0.15, 0.2) is 5.16 Å². The number of nitrogens with zero attached hydrogens (tertiary/aromatic N) is 2. The van der Waals surface area contributed by atoms with Gasteiger partial charge in [0.25, 0.3) is 0 Å². The number of thioether (sulfide) groups is 1. The van der Waals surface area contributed by atoms with Gasteiger partial charge in [0.2, 0.25) is 0 Å². The van der Waals surface area contributed by atoms with Crippen LogP contribution in [0.2, 0.25) is 0 Å². The number of nitrogens with one attached hydrogen (secondary N) is 3. The Kier molecular flexibility index (Phi) is 7.15. The van der Waals surface area contributed by atoms with Gasteiger partial charge in [-0.15, -0.1) is 0 Å². The van der Waals surface area contributed by atoms with Crippen LogP contribution in [0.25, 0.3) is 0 Å². The van der Waals surface area contributed by atoms with Crippen molar-refractivity contribution < 1.29 is 14.3 Å². The first-order valence-electron chi connectivity index (χ1n) is 8.67. The molecule has 8 nitrogen and oxygen atoms in total. The van der Waals surface area contributed by atoms with Crippen LogP contribution < -0.4 is 15.4 Å². The highest BCUT2D eigenvalue weighted by Crippen LogP contribution is 2.18. The van der Waals surface area contributed by atoms with Crippen LogP contribution in [0.5, 0.6) is 5.75 Å². The zero-order valence-electron chi connectivity index (χ0n) is 14.4. The Morgan fingerprint density at radius 3 is 2.96 bits per heavy atom. The van der Waals surface area contributed by atoms with E-state index in [1.165, 1.54) is 24.5 Å². The molecule has 2 aromatic rings. The van der Waals surface area contributed by atoms with Crippen molar-refractivity contribution in [3.05, 3.63) is 30.6 Å². The van der Waals surface area contributed by atoms with Crippen molar-refractivity contribution in [3.63, 3.8) is 0 Å². The molecule has 0 spiro atoms. The number of aromatic nitrogens is 3. The average Bonchev–Trinajstić information content (AvgIpc) is 3.19. The number of benzene rings is 1. The second-order valence-electron chi connectivity index (χ2n) is 5.84. The summed E-state index contributed by atoms with van der Waals surface area (Å²) in [5, 5.41) is 12.8. The van der Waals surface area contributed by atoms with Gasteiger partial charge in [-0.1, -0.05) is 11.8 Å². The maximum atomic E-state index is 11.9. The Labute approximate surface area is 156 Å². The summed E-state index contributed by atoms with van der Waals surface area (Å²) in [5.41, 5.74) is 0.714. The molecule has 140 valence electrons. The molecule has 3 rings (SSSR count). The molecule has 1 atom stereocenters. The summed E-state index contributed by atoms with van der Waals surface area (Å²) < 4.78 is 11.4. The van der Waals surface area contributed by atoms with E-state index in [1.807, 2.05) is 24.3 Å². The Morgan fingerprint density at radius 1 is 1.35 bits per heavy atom. The van der Waals surface area contributed by atoms with Gasteiger partial charge in [0, 0.05) is 24.6 Å². The number of hydrogen-bond acceptors (Lipinski definition) is 6. The number of carbonyl (C=O) groups excluding carboxylic acids is 1. The molecule has 1 aliphatic rings. The lowest BCUT2D eigenvalue weighted by molar-refractivity contribution is -0.0110. The van der Waals surface area contributed by atoms with Gasteiger partial charge in [-0.2, -0.15) is 5.10 Å². The summed E-state index contributed by atoms with van der Waals surface area (Å²) in [6.07, 6.45) is 5.02. The fourth-order valence-corrected chi connectivity index (χ4v) is 3.15. The lowest BCUT2D eigenvalue weighted by Crippen LogP contribution is -2.30. The third kappa shape index (κ3) is 6.23. The lowest BCUT2D eigenvalue weighted by atomic mass is 10.1. The molecular weight excluding hydrogens is 354 g/mol. The minimum absolute atomic E-state index is 0.183. The number of anilines is 1. The summed E-state index contributed by atoms with van der Waals surface area (Å²) in [6, 6.07) is 7.09. The number of aromatic amines is 1. The molecule has 1 aromatic heterocycles. The first-order valence-corrected chi connectivity index (χ1v) is 9.65. The van der Waals surface area contributed by atoms with Crippen LogP contribution in [0.4, 0.5) is 10.5 Å². The fourth-order valence-electron chi connectivity index (χ4n) is 2.51. The first-order chi connectivity index (χ1) is 12.8. The monoisotopic (exact) mass is 377 g/mol. The lowest BCUT2D eigenvalue weighted by Gasteiger charge is -2.22. The normalized spacial score (nSPS) is 16.8. The van der Waals surface area contributed by atoms with Crippen molar-refractivity contribution in [1.29, 1.82) is 0 Å². The number of carbonyl (C=O) groups is 1. The smallest absolute Gasteiger partial charge is 0.319 e. The second-order valence-corrected chi connectivity index (χ2v) is 6.93. The molecule has 3 N–H and O–H groups in total. The van der Waals surface area contributed by atoms with Gasteiger partial charge in [0.1, 0.15) is 18.7 Å². The molecule has 0 bridgehead atoms. The SMILES string of the molecule is O=C(NCCSc1ncn[nH]1)Nc1ccc(OC[C@@H]2CCCCO2)cc1. The van der Waals surface area contributed by atoms with E-state index in [0.29, 0.717) is 24.6 Å². The van der Waals surface area contributed by atoms with Gasteiger partial charge >= 0.3 is 6.03 Å². The van der Waals surface area contributed by atoms with Crippen molar-refractivity contribution >= 4 is 23.5 Å². The second kappa shape index (κ2) is 10.0. The Balaban J connectivity index is 1.33. The predicted octanol–water partition coefficient (Wildman–Crippen LogP) is 2.67. The molecule has 1 aromatic carbocycles. The van der Waals surface area contributed by atoms with E-state index in [4.69, 9.17) is 9.47 Å². The maximum absolute atomic E-state index is 11.9. The molecular formula is C17H23N5O3S. The van der Waals surface area contributed by atoms with Crippen molar-refractivity contribution in [2.45, 2.75) is 30.5 Å². The van der Waals surface area contributed by atoms with Crippen LogP contribution in [0.15, 0.2) is 35.7 Å². The predicted molar refractivity (Wildman–Crippen MR) is 99.7 cm³/mol. The zero-order chi connectivity index (χ0) is 18.0. The Bertz CT molecular complexity index is 660. The summed E-state index contributed by atoms with van der Waals surface area (Å²) in [5.74, 6) is 1.48. The molecule has 0 aliphatic carbocycles. The number of urea groups is 1. The van der Waals surface area contributed by atoms with Crippen LogP contribution in [-0.2, 0) is 4.74 Å². The van der Waals surface area contributed by atoms with Crippen molar-refractivity contribution in [2.24, 2.45) is 0 Å². The maximum Gasteiger partial charge on any atom is 0.319 e. The van der Waals surface area contributed by atoms with Crippen molar-refractivity contribution in [3.8, 4) is 5.75 Å². The summed E-state index contributed by atoms with van der Waals surface area (Å²) in [6.45, 7) is 1.92. The number of ether oxygens (including phenoxy) is 2. The standard InChI is InChI=1S/C17H23N5O3S/c23-16(18-8-10-26-17-19-12-20-22-17)21-13-4-6-14(7-5-13)25-11-15-3-1-2-9-24-15/h4-7,12,15H,1-3,8-11H2,(H2,18,21,23)(H,19,20,22)/t15-/m0/s1. The fraction of sp³-hybridized carbons (Fsp3) is 0.471. The average molecular weight is 377 g/mol. The molecule has 1 saturated heterocycles. The molecule has 0 radical (unpaired) electrons. The largest absolute Gasteiger partial charge is 0.491 e. The number of amides is 2. The van der Waals surface area contributed by atoms with E-state index in [1.54, 1.807) is 0 Å². The van der Waals surface area contributed by atoms with Crippen molar-refractivity contribution in [2.75, 3.05) is 30.8 Å². The van der Waals surface area contributed by atoms with Gasteiger partial charge in [-0.3, -0.25) is 5.10 Å². The van der Waals surface area contributed by atoms with Gasteiger partial charge < -0.3 is 20.1 Å². The molecule has 1 fully saturated rings. The summed E-state index contributed by atoms with van der Waals surface area (Å²) in [4.78, 5) is 15.9. The highest BCUT2D eigenvalue weighted by atomic mass is 32.2. The highest BCUT2D eigenvalue weighted by Gasteiger charge is 2.14. The van der Waals surface area contributed by atoms with Gasteiger partial charge in [-0.05, 0) is 43.5 Å². The van der Waals surface area contributed by atoms with E-state index < -0.39 is 0 Å². The van der Waals surface area contributed by atoms with E-state index in [2.05, 4.69) is 25.8 Å². The van der Waals surface area contributed by atoms with Crippen LogP contribution in [0.3, 0.4) is 0 Å². The zero-order valence-corrected chi connectivity index (χ0v) is 15.3. The number of hydrogen-bond donors (Lipinski definition) is 3. The number of H-pyrrole nitrogens is 1. The molecule has 26 heavy (non-hydrogen) atoms. The third-order valence-corrected chi connectivity index (χ3v) is 4.72. The Hall–Kier alpha value is -2.26. The van der Waals surface area contributed by atoms with Crippen LogP contribution in [-0.4, -0.2) is 52.8 Å². The number of rotatable bonds is 8. The molecule has 2 amide bonds. The van der Waals surface area contributed by atoms with E-state index >= 15 is 0 Å². The van der Waals surface area contributed by atoms with E-state index in [0.717, 1.165) is 30.4 Å². The molecule has 9 heteroatoms. The molecule has 0 unspecified atom stereocenters. The third-order valence-electron chi connectivity index (χ3n) is 3.84. The minimum atomic E-state index is -0.243. The quantitative estimate of drug-likeness (QED) is 0.483. The summed E-state index contributed by atoms with van der Waals surface area (Å²) in [7, 11) is 0.